The van der Waals surface area contributed by atoms with Crippen LogP contribution >= 0.6 is 12.6 Å². The number of benzene rings is 1. The lowest BCUT2D eigenvalue weighted by Crippen LogP contribution is -2.46. The lowest BCUT2D eigenvalue weighted by atomic mass is 10.1. The quantitative estimate of drug-likeness (QED) is 0.489. The number of carboxylic acid groups (broad SMARTS) is 1. The molecule has 1 N–H and O–H groups in total. The molecular formula is C12H14N2O5S. The Balaban J connectivity index is 3.49. The fourth-order valence-electron chi connectivity index (χ4n) is 1.81. The largest absolute Gasteiger partial charge is 0.480 e. The van der Waals surface area contributed by atoms with Gasteiger partial charge >= 0.3 is 5.97 Å². The zero-order chi connectivity index (χ0) is 15.4. The molecule has 0 saturated heterocycles. The van der Waals surface area contributed by atoms with E-state index in [9.17, 15) is 19.7 Å². The van der Waals surface area contributed by atoms with Gasteiger partial charge in [-0.05, 0) is 18.6 Å². The second kappa shape index (κ2) is 6.38. The van der Waals surface area contributed by atoms with E-state index in [1.807, 2.05) is 0 Å². The lowest BCUT2D eigenvalue weighted by Gasteiger charge is -2.26. The standard InChI is InChI=1S/C12H14N2O5S/c1-7-3-4-9(14(18)19)10(5-7)13(8(2)15)11(6-20)12(16)17/h3-5,11,20H,6H2,1-2H3,(H,16,17)/t11-/m0/s1. The normalized spacial score (nSPS) is 11.8. The van der Waals surface area contributed by atoms with Gasteiger partial charge in [-0.3, -0.25) is 19.8 Å². The summed E-state index contributed by atoms with van der Waals surface area (Å²) >= 11 is 3.91. The maximum Gasteiger partial charge on any atom is 0.327 e. The molecule has 1 rings (SSSR count). The predicted molar refractivity (Wildman–Crippen MR) is 76.3 cm³/mol. The number of amides is 1. The van der Waals surface area contributed by atoms with Crippen molar-refractivity contribution in [2.75, 3.05) is 10.7 Å². The number of aliphatic carboxylic acids is 1. The molecule has 1 atom stereocenters. The van der Waals surface area contributed by atoms with E-state index in [0.717, 1.165) is 11.8 Å². The summed E-state index contributed by atoms with van der Waals surface area (Å²) in [5.41, 5.74) is 0.322. The molecule has 0 aromatic heterocycles. The summed E-state index contributed by atoms with van der Waals surface area (Å²) in [5, 5.41) is 20.2. The fraction of sp³-hybridized carbons (Fsp3) is 0.333. The monoisotopic (exact) mass is 298 g/mol. The summed E-state index contributed by atoms with van der Waals surface area (Å²) < 4.78 is 0. The van der Waals surface area contributed by atoms with Gasteiger partial charge in [-0.1, -0.05) is 6.07 Å². The van der Waals surface area contributed by atoms with Crippen LogP contribution in [0.25, 0.3) is 0 Å². The molecule has 1 aromatic carbocycles. The topological polar surface area (TPSA) is 101 Å². The number of hydrogen-bond acceptors (Lipinski definition) is 5. The van der Waals surface area contributed by atoms with E-state index < -0.39 is 22.8 Å². The van der Waals surface area contributed by atoms with E-state index in [-0.39, 0.29) is 17.1 Å². The molecule has 20 heavy (non-hydrogen) atoms. The Labute approximate surface area is 120 Å². The van der Waals surface area contributed by atoms with Crippen LogP contribution in [0.5, 0.6) is 0 Å². The highest BCUT2D eigenvalue weighted by Gasteiger charge is 2.32. The number of nitro benzene ring substituents is 1. The predicted octanol–water partition coefficient (Wildman–Crippen LogP) is 1.64. The molecule has 1 aromatic rings. The van der Waals surface area contributed by atoms with E-state index in [0.29, 0.717) is 5.56 Å². The fourth-order valence-corrected chi connectivity index (χ4v) is 2.13. The Morgan fingerprint density at radius 2 is 2.10 bits per heavy atom. The third kappa shape index (κ3) is 3.27. The molecule has 0 heterocycles. The molecule has 0 radical (unpaired) electrons. The molecule has 0 bridgehead atoms. The molecule has 0 aliphatic heterocycles. The summed E-state index contributed by atoms with van der Waals surface area (Å²) in [6.07, 6.45) is 0. The number of thiol groups is 1. The van der Waals surface area contributed by atoms with Gasteiger partial charge in [0.15, 0.2) is 0 Å². The molecule has 1 amide bonds. The number of hydrogen-bond donors (Lipinski definition) is 2. The second-order valence-corrected chi connectivity index (χ2v) is 4.54. The van der Waals surface area contributed by atoms with Crippen LogP contribution in [0.3, 0.4) is 0 Å². The van der Waals surface area contributed by atoms with Crippen LogP contribution in [-0.4, -0.2) is 33.7 Å². The van der Waals surface area contributed by atoms with Gasteiger partial charge in [0.1, 0.15) is 11.7 Å². The molecule has 0 fully saturated rings. The third-order valence-electron chi connectivity index (χ3n) is 2.70. The number of rotatable bonds is 5. The number of carboxylic acids is 1. The lowest BCUT2D eigenvalue weighted by molar-refractivity contribution is -0.384. The Kier molecular flexibility index (Phi) is 5.09. The molecule has 7 nitrogen and oxygen atoms in total. The average molecular weight is 298 g/mol. The minimum atomic E-state index is -1.27. The maximum absolute atomic E-state index is 11.7. The zero-order valence-electron chi connectivity index (χ0n) is 10.9. The Bertz CT molecular complexity index is 561. The Morgan fingerprint density at radius 3 is 2.50 bits per heavy atom. The molecule has 0 aliphatic rings. The Morgan fingerprint density at radius 1 is 1.50 bits per heavy atom. The van der Waals surface area contributed by atoms with Crippen LogP contribution in [0.2, 0.25) is 0 Å². The van der Waals surface area contributed by atoms with E-state index in [1.165, 1.54) is 18.2 Å². The average Bonchev–Trinajstić information content (AvgIpc) is 2.34. The maximum atomic E-state index is 11.7. The first-order valence-electron chi connectivity index (χ1n) is 5.68. The highest BCUT2D eigenvalue weighted by molar-refractivity contribution is 7.80. The number of carbonyl (C=O) groups is 2. The van der Waals surface area contributed by atoms with Crippen molar-refractivity contribution in [3.63, 3.8) is 0 Å². The number of nitrogens with zero attached hydrogens (tertiary/aromatic N) is 2. The first-order valence-corrected chi connectivity index (χ1v) is 6.31. The van der Waals surface area contributed by atoms with Gasteiger partial charge in [0, 0.05) is 18.7 Å². The summed E-state index contributed by atoms with van der Waals surface area (Å²) in [7, 11) is 0. The van der Waals surface area contributed by atoms with Gasteiger partial charge in [0.25, 0.3) is 5.69 Å². The zero-order valence-corrected chi connectivity index (χ0v) is 11.8. The van der Waals surface area contributed by atoms with Crippen LogP contribution in [0.4, 0.5) is 11.4 Å². The van der Waals surface area contributed by atoms with Gasteiger partial charge < -0.3 is 5.11 Å². The van der Waals surface area contributed by atoms with Gasteiger partial charge in [0.2, 0.25) is 5.91 Å². The van der Waals surface area contributed by atoms with Crippen LogP contribution < -0.4 is 4.90 Å². The van der Waals surface area contributed by atoms with Crippen LogP contribution in [0.1, 0.15) is 12.5 Å². The van der Waals surface area contributed by atoms with Gasteiger partial charge in [0.05, 0.1) is 4.92 Å². The molecular weight excluding hydrogens is 284 g/mol. The van der Waals surface area contributed by atoms with Crippen LogP contribution in [0, 0.1) is 17.0 Å². The minimum Gasteiger partial charge on any atom is -0.480 e. The van der Waals surface area contributed by atoms with E-state index in [2.05, 4.69) is 12.6 Å². The summed E-state index contributed by atoms with van der Waals surface area (Å²) in [4.78, 5) is 34.2. The number of carbonyl (C=O) groups excluding carboxylic acids is 1. The SMILES string of the molecule is CC(=O)N(c1cc(C)ccc1[N+](=O)[O-])[C@@H](CS)C(=O)O. The molecule has 0 saturated carbocycles. The van der Waals surface area contributed by atoms with E-state index >= 15 is 0 Å². The minimum absolute atomic E-state index is 0.0380. The molecule has 0 aliphatic carbocycles. The first-order chi connectivity index (χ1) is 9.29. The van der Waals surface area contributed by atoms with Gasteiger partial charge in [-0.25, -0.2) is 4.79 Å². The number of nitro groups is 1. The van der Waals surface area contributed by atoms with Crippen molar-refractivity contribution in [2.24, 2.45) is 0 Å². The van der Waals surface area contributed by atoms with Crippen molar-refractivity contribution in [1.29, 1.82) is 0 Å². The van der Waals surface area contributed by atoms with Gasteiger partial charge in [-0.2, -0.15) is 12.6 Å². The van der Waals surface area contributed by atoms with E-state index in [1.54, 1.807) is 6.92 Å². The number of anilines is 1. The summed E-state index contributed by atoms with van der Waals surface area (Å²) in [5.74, 6) is -2.02. The smallest absolute Gasteiger partial charge is 0.327 e. The molecule has 0 unspecified atom stereocenters. The van der Waals surface area contributed by atoms with Crippen molar-refractivity contribution in [2.45, 2.75) is 19.9 Å². The van der Waals surface area contributed by atoms with Crippen molar-refractivity contribution in [3.05, 3.63) is 33.9 Å². The summed E-state index contributed by atoms with van der Waals surface area (Å²) in [6.45, 7) is 2.85. The number of aryl methyl sites for hydroxylation is 1. The van der Waals surface area contributed by atoms with Crippen molar-refractivity contribution >= 4 is 35.9 Å². The second-order valence-electron chi connectivity index (χ2n) is 4.17. The van der Waals surface area contributed by atoms with Crippen LogP contribution in [-0.2, 0) is 9.59 Å². The summed E-state index contributed by atoms with van der Waals surface area (Å²) in [6, 6.07) is 2.92. The molecule has 0 spiro atoms. The highest BCUT2D eigenvalue weighted by Crippen LogP contribution is 2.31. The molecule has 108 valence electrons. The highest BCUT2D eigenvalue weighted by atomic mass is 32.1. The van der Waals surface area contributed by atoms with E-state index in [4.69, 9.17) is 5.11 Å². The Hall–Kier alpha value is -2.09. The van der Waals surface area contributed by atoms with Gasteiger partial charge in [-0.15, -0.1) is 0 Å². The molecule has 8 heteroatoms. The van der Waals surface area contributed by atoms with Crippen molar-refractivity contribution in [3.8, 4) is 0 Å². The first kappa shape index (κ1) is 16.0. The van der Waals surface area contributed by atoms with Crippen LogP contribution in [0.15, 0.2) is 18.2 Å². The third-order valence-corrected chi connectivity index (χ3v) is 3.04. The van der Waals surface area contributed by atoms with Crippen molar-refractivity contribution < 1.29 is 19.6 Å². The van der Waals surface area contributed by atoms with Crippen molar-refractivity contribution in [1.82, 2.24) is 0 Å².